The summed E-state index contributed by atoms with van der Waals surface area (Å²) in [6, 6.07) is 17.1. The van der Waals surface area contributed by atoms with E-state index >= 15 is 0 Å². The van der Waals surface area contributed by atoms with Gasteiger partial charge in [-0.2, -0.15) is 0 Å². The molecule has 1 aromatic heterocycles. The molecule has 1 N–H and O–H groups in total. The van der Waals surface area contributed by atoms with Crippen LogP contribution in [0.2, 0.25) is 0 Å². The first kappa shape index (κ1) is 20.2. The largest absolute Gasteiger partial charge is 0.488 e. The molecule has 4 rings (SSSR count). The van der Waals surface area contributed by atoms with E-state index < -0.39 is 0 Å². The molecule has 0 saturated carbocycles. The lowest BCUT2D eigenvalue weighted by Gasteiger charge is -2.12. The Morgan fingerprint density at radius 3 is 2.73 bits per heavy atom. The zero-order valence-electron chi connectivity index (χ0n) is 16.8. The Morgan fingerprint density at radius 1 is 1.13 bits per heavy atom. The molecule has 0 aliphatic carbocycles. The molecule has 152 valence electrons. The molecule has 0 radical (unpaired) electrons. The molecule has 5 nitrogen and oxygen atoms in total. The predicted octanol–water partition coefficient (Wildman–Crippen LogP) is 4.41. The third kappa shape index (κ3) is 4.09. The van der Waals surface area contributed by atoms with Crippen LogP contribution in [0.4, 0.5) is 0 Å². The van der Waals surface area contributed by atoms with Crippen molar-refractivity contribution in [1.82, 2.24) is 10.3 Å². The fourth-order valence-corrected chi connectivity index (χ4v) is 4.22. The average molecular weight is 419 g/mol. The van der Waals surface area contributed by atoms with Crippen molar-refractivity contribution in [2.45, 2.75) is 24.5 Å². The Morgan fingerprint density at radius 2 is 1.93 bits per heavy atom. The summed E-state index contributed by atoms with van der Waals surface area (Å²) in [6.07, 6.45) is 4.16. The number of nitrogens with one attached hydrogen (secondary N) is 1. The minimum Gasteiger partial charge on any atom is -0.488 e. The summed E-state index contributed by atoms with van der Waals surface area (Å²) in [7, 11) is 0. The summed E-state index contributed by atoms with van der Waals surface area (Å²) in [6.45, 7) is 1.99. The molecule has 0 spiro atoms. The van der Waals surface area contributed by atoms with Gasteiger partial charge in [-0.15, -0.1) is 11.8 Å². The number of pyridine rings is 1. The van der Waals surface area contributed by atoms with Crippen LogP contribution in [0.5, 0.6) is 5.75 Å². The predicted molar refractivity (Wildman–Crippen MR) is 118 cm³/mol. The number of carbonyl (C=O) groups is 2. The highest BCUT2D eigenvalue weighted by molar-refractivity contribution is 7.98. The highest BCUT2D eigenvalue weighted by Crippen LogP contribution is 2.34. The van der Waals surface area contributed by atoms with Gasteiger partial charge in [-0.25, -0.2) is 4.98 Å². The van der Waals surface area contributed by atoms with Gasteiger partial charge in [0.2, 0.25) is 0 Å². The molecule has 2 heterocycles. The number of amides is 1. The average Bonchev–Trinajstić information content (AvgIpc) is 3.19. The Kier molecular flexibility index (Phi) is 5.86. The van der Waals surface area contributed by atoms with E-state index in [0.717, 1.165) is 22.4 Å². The molecule has 0 bridgehead atoms. The van der Waals surface area contributed by atoms with Crippen molar-refractivity contribution < 1.29 is 14.3 Å². The van der Waals surface area contributed by atoms with Crippen LogP contribution in [0, 0.1) is 0 Å². The van der Waals surface area contributed by atoms with Crippen LogP contribution in [0.15, 0.2) is 65.8 Å². The second-order valence-electron chi connectivity index (χ2n) is 7.14. The van der Waals surface area contributed by atoms with Crippen LogP contribution >= 0.6 is 11.8 Å². The lowest BCUT2D eigenvalue weighted by molar-refractivity contribution is 0.0929. The molecule has 2 aromatic carbocycles. The third-order valence-electron chi connectivity index (χ3n) is 5.12. The number of fused-ring (bicyclic) bond motifs is 1. The first-order valence-corrected chi connectivity index (χ1v) is 11.0. The highest BCUT2D eigenvalue weighted by atomic mass is 32.2. The van der Waals surface area contributed by atoms with Crippen molar-refractivity contribution >= 4 is 23.5 Å². The molecule has 30 heavy (non-hydrogen) atoms. The first-order chi connectivity index (χ1) is 14.6. The molecule has 1 atom stereocenters. The number of Topliss-reactive ketones (excluding diaryl/α,β-unsaturated/α-hetero) is 1. The van der Waals surface area contributed by atoms with Crippen molar-refractivity contribution in [2.75, 3.05) is 12.8 Å². The van der Waals surface area contributed by atoms with Gasteiger partial charge in [-0.1, -0.05) is 30.3 Å². The Bertz CT molecular complexity index is 1110. The monoisotopic (exact) mass is 418 g/mol. The summed E-state index contributed by atoms with van der Waals surface area (Å²) in [5.74, 6) is 0.718. The standard InChI is InChI=1S/C24H22N2O3S/c1-15(27)19-6-3-4-7-20(19)16-9-10-22-17(12-16)13-18(29-22)14-26-23(28)21-8-5-11-25-24(21)30-2/h3-12,18H,13-14H2,1-2H3,(H,26,28)/t18-/m1/s1. The van der Waals surface area contributed by atoms with E-state index in [1.54, 1.807) is 25.3 Å². The number of rotatable bonds is 6. The lowest BCUT2D eigenvalue weighted by Crippen LogP contribution is -2.34. The zero-order valence-corrected chi connectivity index (χ0v) is 17.7. The topological polar surface area (TPSA) is 68.3 Å². The van der Waals surface area contributed by atoms with E-state index in [0.29, 0.717) is 29.1 Å². The first-order valence-electron chi connectivity index (χ1n) is 9.74. The van der Waals surface area contributed by atoms with E-state index in [4.69, 9.17) is 4.74 Å². The minimum atomic E-state index is -0.150. The van der Waals surface area contributed by atoms with Crippen LogP contribution in [0.25, 0.3) is 11.1 Å². The van der Waals surface area contributed by atoms with Gasteiger partial charge < -0.3 is 10.1 Å². The molecular formula is C24H22N2O3S. The normalized spacial score (nSPS) is 14.7. The van der Waals surface area contributed by atoms with Gasteiger partial charge in [0.25, 0.3) is 5.91 Å². The quantitative estimate of drug-likeness (QED) is 0.474. The molecule has 0 fully saturated rings. The van der Waals surface area contributed by atoms with Gasteiger partial charge in [0.15, 0.2) is 5.78 Å². The van der Waals surface area contributed by atoms with Crippen molar-refractivity contribution in [1.29, 1.82) is 0 Å². The number of nitrogens with zero attached hydrogens (tertiary/aromatic N) is 1. The van der Waals surface area contributed by atoms with Gasteiger partial charge in [0.05, 0.1) is 12.1 Å². The highest BCUT2D eigenvalue weighted by Gasteiger charge is 2.24. The van der Waals surface area contributed by atoms with E-state index in [9.17, 15) is 9.59 Å². The maximum atomic E-state index is 12.5. The fraction of sp³-hybridized carbons (Fsp3) is 0.208. The number of ketones is 1. The fourth-order valence-electron chi connectivity index (χ4n) is 3.67. The van der Waals surface area contributed by atoms with Crippen LogP contribution in [-0.2, 0) is 6.42 Å². The lowest BCUT2D eigenvalue weighted by atomic mass is 9.95. The molecule has 1 amide bonds. The molecular weight excluding hydrogens is 396 g/mol. The molecule has 3 aromatic rings. The summed E-state index contributed by atoms with van der Waals surface area (Å²) >= 11 is 1.45. The number of carbonyl (C=O) groups excluding carboxylic acids is 2. The van der Waals surface area contributed by atoms with Gasteiger partial charge in [0.1, 0.15) is 16.9 Å². The number of thioether (sulfide) groups is 1. The van der Waals surface area contributed by atoms with Gasteiger partial charge >= 0.3 is 0 Å². The molecule has 6 heteroatoms. The summed E-state index contributed by atoms with van der Waals surface area (Å²) in [5.41, 5.74) is 4.28. The number of aromatic nitrogens is 1. The number of hydrogen-bond donors (Lipinski definition) is 1. The molecule has 0 saturated heterocycles. The van der Waals surface area contributed by atoms with Crippen LogP contribution in [-0.4, -0.2) is 35.6 Å². The van der Waals surface area contributed by atoms with Gasteiger partial charge in [-0.05, 0) is 54.1 Å². The summed E-state index contributed by atoms with van der Waals surface area (Å²) < 4.78 is 6.02. The number of benzene rings is 2. The van der Waals surface area contributed by atoms with Crippen LogP contribution in [0.1, 0.15) is 33.2 Å². The molecule has 1 aliphatic heterocycles. The maximum Gasteiger partial charge on any atom is 0.254 e. The van der Waals surface area contributed by atoms with Crippen LogP contribution in [0.3, 0.4) is 0 Å². The number of ether oxygens (including phenoxy) is 1. The maximum absolute atomic E-state index is 12.5. The van der Waals surface area contributed by atoms with Gasteiger partial charge in [-0.3, -0.25) is 9.59 Å². The third-order valence-corrected chi connectivity index (χ3v) is 5.83. The Balaban J connectivity index is 1.46. The van der Waals surface area contributed by atoms with E-state index in [1.807, 2.05) is 42.7 Å². The van der Waals surface area contributed by atoms with Crippen molar-refractivity contribution in [3.8, 4) is 16.9 Å². The second kappa shape index (κ2) is 8.71. The zero-order chi connectivity index (χ0) is 21.1. The molecule has 0 unspecified atom stereocenters. The Labute approximate surface area is 179 Å². The van der Waals surface area contributed by atoms with Crippen molar-refractivity contribution in [2.24, 2.45) is 0 Å². The van der Waals surface area contributed by atoms with E-state index in [1.165, 1.54) is 11.8 Å². The van der Waals surface area contributed by atoms with Gasteiger partial charge in [0, 0.05) is 18.2 Å². The smallest absolute Gasteiger partial charge is 0.254 e. The summed E-state index contributed by atoms with van der Waals surface area (Å²) in [5, 5.41) is 3.67. The minimum absolute atomic E-state index is 0.0444. The van der Waals surface area contributed by atoms with E-state index in [-0.39, 0.29) is 17.8 Å². The molecule has 1 aliphatic rings. The summed E-state index contributed by atoms with van der Waals surface area (Å²) in [4.78, 5) is 28.7. The SMILES string of the molecule is CSc1ncccc1C(=O)NC[C@H]1Cc2cc(-c3ccccc3C(C)=O)ccc2O1. The number of hydrogen-bond acceptors (Lipinski definition) is 5. The Hall–Kier alpha value is -3.12. The van der Waals surface area contributed by atoms with Crippen LogP contribution < -0.4 is 10.1 Å². The second-order valence-corrected chi connectivity index (χ2v) is 7.93. The van der Waals surface area contributed by atoms with Crippen molar-refractivity contribution in [3.05, 3.63) is 77.5 Å². The van der Waals surface area contributed by atoms with Crippen molar-refractivity contribution in [3.63, 3.8) is 0 Å². The van der Waals surface area contributed by atoms with E-state index in [2.05, 4.69) is 16.4 Å².